The fourth-order valence-corrected chi connectivity index (χ4v) is 2.20. The summed E-state index contributed by atoms with van der Waals surface area (Å²) in [5.74, 6) is 0.997. The predicted molar refractivity (Wildman–Crippen MR) is 72.1 cm³/mol. The summed E-state index contributed by atoms with van der Waals surface area (Å²) in [6.07, 6.45) is 5.91. The van der Waals surface area contributed by atoms with Crippen LogP contribution in [0.4, 0.5) is 5.82 Å². The van der Waals surface area contributed by atoms with Crippen LogP contribution in [-0.2, 0) is 6.54 Å². The molecule has 0 bridgehead atoms. The summed E-state index contributed by atoms with van der Waals surface area (Å²) < 4.78 is 0. The molecule has 1 aliphatic rings. The van der Waals surface area contributed by atoms with E-state index in [0.717, 1.165) is 24.9 Å². The Balaban J connectivity index is 1.97. The Kier molecular flexibility index (Phi) is 4.37. The molecule has 3 nitrogen and oxygen atoms in total. The van der Waals surface area contributed by atoms with Gasteiger partial charge >= 0.3 is 0 Å². The van der Waals surface area contributed by atoms with Gasteiger partial charge in [-0.15, -0.1) is 0 Å². The predicted octanol–water partition coefficient (Wildman–Crippen LogP) is 2.89. The van der Waals surface area contributed by atoms with E-state index < -0.39 is 0 Å². The van der Waals surface area contributed by atoms with Gasteiger partial charge in [0.15, 0.2) is 0 Å². The van der Waals surface area contributed by atoms with Crippen LogP contribution in [0.25, 0.3) is 0 Å². The molecule has 0 atom stereocenters. The van der Waals surface area contributed by atoms with Gasteiger partial charge in [-0.2, -0.15) is 0 Å². The van der Waals surface area contributed by atoms with E-state index in [-0.39, 0.29) is 0 Å². The molecule has 0 aliphatic heterocycles. The molecule has 0 spiro atoms. The maximum atomic E-state index is 4.31. The van der Waals surface area contributed by atoms with Crippen molar-refractivity contribution in [2.45, 2.75) is 45.7 Å². The minimum absolute atomic E-state index is 0.839. The maximum Gasteiger partial charge on any atom is 0.126 e. The van der Waals surface area contributed by atoms with Crippen LogP contribution in [-0.4, -0.2) is 29.0 Å². The van der Waals surface area contributed by atoms with Crippen molar-refractivity contribution in [3.05, 3.63) is 23.9 Å². The summed E-state index contributed by atoms with van der Waals surface area (Å²) in [4.78, 5) is 6.92. The zero-order chi connectivity index (χ0) is 12.1. The van der Waals surface area contributed by atoms with E-state index in [1.807, 2.05) is 6.20 Å². The Morgan fingerprint density at radius 1 is 1.41 bits per heavy atom. The normalized spacial score (nSPS) is 15.2. The van der Waals surface area contributed by atoms with E-state index in [0.29, 0.717) is 0 Å². The minimum Gasteiger partial charge on any atom is -0.370 e. The van der Waals surface area contributed by atoms with Gasteiger partial charge in [0.2, 0.25) is 0 Å². The van der Waals surface area contributed by atoms with E-state index in [2.05, 4.69) is 41.2 Å². The summed E-state index contributed by atoms with van der Waals surface area (Å²) >= 11 is 0. The van der Waals surface area contributed by atoms with Crippen molar-refractivity contribution in [1.29, 1.82) is 0 Å². The molecule has 1 aliphatic carbocycles. The van der Waals surface area contributed by atoms with Crippen LogP contribution in [0.15, 0.2) is 18.3 Å². The number of aromatic nitrogens is 1. The first kappa shape index (κ1) is 12.4. The molecule has 2 rings (SSSR count). The third-order valence-electron chi connectivity index (χ3n) is 3.14. The highest BCUT2D eigenvalue weighted by molar-refractivity contribution is 5.37. The van der Waals surface area contributed by atoms with Gasteiger partial charge in [0.1, 0.15) is 5.82 Å². The molecule has 1 N–H and O–H groups in total. The van der Waals surface area contributed by atoms with Crippen molar-refractivity contribution in [3.8, 4) is 0 Å². The first-order valence-corrected chi connectivity index (χ1v) is 6.76. The molecule has 0 unspecified atom stereocenters. The van der Waals surface area contributed by atoms with Crippen LogP contribution >= 0.6 is 0 Å². The number of nitrogens with zero attached hydrogens (tertiary/aromatic N) is 2. The second kappa shape index (κ2) is 6.01. The second-order valence-electron chi connectivity index (χ2n) is 4.78. The van der Waals surface area contributed by atoms with Crippen molar-refractivity contribution < 1.29 is 0 Å². The molecular formula is C14H23N3. The molecule has 17 heavy (non-hydrogen) atoms. The number of pyridine rings is 1. The van der Waals surface area contributed by atoms with E-state index in [9.17, 15) is 0 Å². The lowest BCUT2D eigenvalue weighted by Gasteiger charge is -2.21. The topological polar surface area (TPSA) is 28.2 Å². The summed E-state index contributed by atoms with van der Waals surface area (Å²) in [6, 6.07) is 5.14. The van der Waals surface area contributed by atoms with E-state index >= 15 is 0 Å². The Bertz CT molecular complexity index is 347. The average Bonchev–Trinajstić information content (AvgIpc) is 3.13. The van der Waals surface area contributed by atoms with Crippen molar-refractivity contribution in [1.82, 2.24) is 9.88 Å². The first-order chi connectivity index (χ1) is 8.33. The molecule has 0 amide bonds. The molecule has 1 saturated carbocycles. The number of hydrogen-bond donors (Lipinski definition) is 1. The highest BCUT2D eigenvalue weighted by atomic mass is 15.2. The van der Waals surface area contributed by atoms with Crippen molar-refractivity contribution >= 4 is 5.82 Å². The summed E-state index contributed by atoms with van der Waals surface area (Å²) in [7, 11) is 0. The molecule has 1 aromatic heterocycles. The average molecular weight is 233 g/mol. The van der Waals surface area contributed by atoms with E-state index in [1.54, 1.807) is 0 Å². The lowest BCUT2D eigenvalue weighted by atomic mass is 10.2. The van der Waals surface area contributed by atoms with Crippen LogP contribution < -0.4 is 5.32 Å². The van der Waals surface area contributed by atoms with Crippen LogP contribution in [0, 0.1) is 0 Å². The zero-order valence-corrected chi connectivity index (χ0v) is 10.9. The lowest BCUT2D eigenvalue weighted by molar-refractivity contribution is 0.255. The highest BCUT2D eigenvalue weighted by Crippen LogP contribution is 2.28. The highest BCUT2D eigenvalue weighted by Gasteiger charge is 2.28. The van der Waals surface area contributed by atoms with Crippen LogP contribution in [0.5, 0.6) is 0 Å². The smallest absolute Gasteiger partial charge is 0.126 e. The molecule has 0 radical (unpaired) electrons. The third-order valence-corrected chi connectivity index (χ3v) is 3.14. The van der Waals surface area contributed by atoms with Gasteiger partial charge < -0.3 is 5.32 Å². The van der Waals surface area contributed by atoms with Gasteiger partial charge in [0.25, 0.3) is 0 Å². The SMILES string of the molecule is CCCN(Cc1ccnc(NCC)c1)C1CC1. The molecule has 3 heteroatoms. The molecule has 1 heterocycles. The van der Waals surface area contributed by atoms with Gasteiger partial charge in [0.05, 0.1) is 0 Å². The zero-order valence-electron chi connectivity index (χ0n) is 10.9. The first-order valence-electron chi connectivity index (χ1n) is 6.76. The standard InChI is InChI=1S/C14H23N3/c1-3-9-17(13-5-6-13)11-12-7-8-16-14(10-12)15-4-2/h7-8,10,13H,3-6,9,11H2,1-2H3,(H,15,16). The quantitative estimate of drug-likeness (QED) is 0.785. The van der Waals surface area contributed by atoms with E-state index in [4.69, 9.17) is 0 Å². The molecule has 0 saturated heterocycles. The summed E-state index contributed by atoms with van der Waals surface area (Å²) in [5, 5.41) is 3.27. The molecular weight excluding hydrogens is 210 g/mol. The van der Waals surface area contributed by atoms with Crippen molar-refractivity contribution in [2.24, 2.45) is 0 Å². The van der Waals surface area contributed by atoms with Crippen molar-refractivity contribution in [2.75, 3.05) is 18.4 Å². The third kappa shape index (κ3) is 3.70. The van der Waals surface area contributed by atoms with Crippen molar-refractivity contribution in [3.63, 3.8) is 0 Å². The monoisotopic (exact) mass is 233 g/mol. The van der Waals surface area contributed by atoms with Crippen LogP contribution in [0.2, 0.25) is 0 Å². The molecule has 1 aromatic rings. The van der Waals surface area contributed by atoms with Gasteiger partial charge in [-0.05, 0) is 50.4 Å². The number of anilines is 1. The largest absolute Gasteiger partial charge is 0.370 e. The molecule has 94 valence electrons. The Morgan fingerprint density at radius 2 is 2.24 bits per heavy atom. The van der Waals surface area contributed by atoms with Crippen LogP contribution in [0.3, 0.4) is 0 Å². The Morgan fingerprint density at radius 3 is 2.88 bits per heavy atom. The maximum absolute atomic E-state index is 4.31. The summed E-state index contributed by atoms with van der Waals surface area (Å²) in [6.45, 7) is 7.56. The Labute approximate surface area is 104 Å². The second-order valence-corrected chi connectivity index (χ2v) is 4.78. The minimum atomic E-state index is 0.839. The fourth-order valence-electron chi connectivity index (χ4n) is 2.20. The fraction of sp³-hybridized carbons (Fsp3) is 0.643. The van der Waals surface area contributed by atoms with Gasteiger partial charge in [-0.3, -0.25) is 4.90 Å². The van der Waals surface area contributed by atoms with Gasteiger partial charge in [-0.1, -0.05) is 6.92 Å². The molecule has 1 fully saturated rings. The number of hydrogen-bond acceptors (Lipinski definition) is 3. The van der Waals surface area contributed by atoms with Crippen LogP contribution in [0.1, 0.15) is 38.7 Å². The number of nitrogens with one attached hydrogen (secondary N) is 1. The van der Waals surface area contributed by atoms with Gasteiger partial charge in [0, 0.05) is 25.3 Å². The lowest BCUT2D eigenvalue weighted by Crippen LogP contribution is -2.26. The van der Waals surface area contributed by atoms with Gasteiger partial charge in [-0.25, -0.2) is 4.98 Å². The molecule has 0 aromatic carbocycles. The summed E-state index contributed by atoms with van der Waals surface area (Å²) in [5.41, 5.74) is 1.37. The Hall–Kier alpha value is -1.09. The van der Waals surface area contributed by atoms with E-state index in [1.165, 1.54) is 31.4 Å². The number of rotatable bonds is 7.